The van der Waals surface area contributed by atoms with Crippen molar-refractivity contribution in [2.45, 2.75) is 32.0 Å². The van der Waals surface area contributed by atoms with Gasteiger partial charge in [-0.2, -0.15) is 9.29 Å². The summed E-state index contributed by atoms with van der Waals surface area (Å²) in [6.45, 7) is 0.0741. The first kappa shape index (κ1) is 23.6. The molecule has 2 aromatic rings. The van der Waals surface area contributed by atoms with Crippen molar-refractivity contribution in [3.63, 3.8) is 0 Å². The van der Waals surface area contributed by atoms with Gasteiger partial charge in [-0.05, 0) is 6.92 Å². The third-order valence-corrected chi connectivity index (χ3v) is 5.71. The number of nitrogens with one attached hydrogen (secondary N) is 1. The molecule has 0 fully saturated rings. The molecule has 2 aromatic heterocycles. The zero-order chi connectivity index (χ0) is 22.0. The van der Waals surface area contributed by atoms with Gasteiger partial charge in [-0.25, -0.2) is 19.6 Å². The lowest BCUT2D eigenvalue weighted by atomic mass is 10.1. The zero-order valence-corrected chi connectivity index (χ0v) is 16.6. The van der Waals surface area contributed by atoms with Crippen LogP contribution in [0.25, 0.3) is 11.2 Å². The highest BCUT2D eigenvalue weighted by atomic mass is 31.3. The molecule has 0 saturated carbocycles. The first-order valence-electron chi connectivity index (χ1n) is 7.77. The number of rotatable bonds is 10. The van der Waals surface area contributed by atoms with Crippen molar-refractivity contribution >= 4 is 32.7 Å². The maximum absolute atomic E-state index is 11.8. The molecule has 0 aliphatic rings. The van der Waals surface area contributed by atoms with Crippen LogP contribution in [0.1, 0.15) is 6.92 Å². The highest BCUT2D eigenvalue weighted by molar-refractivity contribution is 7.62. The third-order valence-electron chi connectivity index (χ3n) is 3.43. The molecule has 9 N–H and O–H groups in total. The summed E-state index contributed by atoms with van der Waals surface area (Å²) in [7, 11) is -9.92. The summed E-state index contributed by atoms with van der Waals surface area (Å²) in [6, 6.07) is 0. The summed E-state index contributed by atoms with van der Waals surface area (Å²) in [6.07, 6.45) is -3.10. The van der Waals surface area contributed by atoms with Gasteiger partial charge in [0.1, 0.15) is 18.9 Å². The Balaban J connectivity index is 2.15. The Hall–Kier alpha value is -1.71. The van der Waals surface area contributed by atoms with Crippen molar-refractivity contribution in [1.82, 2.24) is 19.5 Å². The van der Waals surface area contributed by atoms with E-state index >= 15 is 0 Å². The Morgan fingerprint density at radius 1 is 1.34 bits per heavy atom. The minimum Gasteiger partial charge on any atom is -0.391 e. The van der Waals surface area contributed by atoms with Gasteiger partial charge in [-0.15, -0.1) is 0 Å². The normalized spacial score (nSPS) is 17.7. The quantitative estimate of drug-likeness (QED) is 0.190. The average molecular weight is 458 g/mol. The van der Waals surface area contributed by atoms with Crippen LogP contribution in [-0.4, -0.2) is 64.4 Å². The molecule has 1 unspecified atom stereocenters. The van der Waals surface area contributed by atoms with Crippen LogP contribution in [0.3, 0.4) is 0 Å². The summed E-state index contributed by atoms with van der Waals surface area (Å²) in [5, 5.41) is 19.6. The molecule has 0 spiro atoms. The molecule has 29 heavy (non-hydrogen) atoms. The third kappa shape index (κ3) is 6.65. The number of anilines is 1. The van der Waals surface area contributed by atoms with E-state index < -0.39 is 46.0 Å². The SMILES string of the molecule is C[C@@H](O)[C@H](O)[C@@H](COP(N)(=O)OP(=O)(O)O)OCn1cnc2c(=O)[nH]c(N)nc21. The number of fused-ring (bicyclic) bond motifs is 1. The number of hydrogen-bond acceptors (Lipinski definition) is 11. The van der Waals surface area contributed by atoms with Crippen molar-refractivity contribution in [2.24, 2.45) is 5.50 Å². The zero-order valence-electron chi connectivity index (χ0n) is 14.9. The predicted octanol–water partition coefficient (Wildman–Crippen LogP) is -2.02. The maximum atomic E-state index is 11.8. The molecule has 0 bridgehead atoms. The van der Waals surface area contributed by atoms with Gasteiger partial charge < -0.3 is 30.5 Å². The minimum atomic E-state index is -5.21. The van der Waals surface area contributed by atoms with Gasteiger partial charge in [-0.1, -0.05) is 0 Å². The topological polar surface area (TPSA) is 258 Å². The van der Waals surface area contributed by atoms with Crippen molar-refractivity contribution < 1.29 is 42.7 Å². The molecule has 0 amide bonds. The molecule has 0 aliphatic carbocycles. The van der Waals surface area contributed by atoms with E-state index in [1.807, 2.05) is 0 Å². The van der Waals surface area contributed by atoms with Crippen molar-refractivity contribution in [3.8, 4) is 0 Å². The van der Waals surface area contributed by atoms with Gasteiger partial charge in [0.25, 0.3) is 5.56 Å². The van der Waals surface area contributed by atoms with E-state index in [0.29, 0.717) is 0 Å². The number of aromatic amines is 1. The summed E-state index contributed by atoms with van der Waals surface area (Å²) in [4.78, 5) is 39.1. The highest BCUT2D eigenvalue weighted by Gasteiger charge is 2.33. The van der Waals surface area contributed by atoms with Crippen LogP contribution in [0.2, 0.25) is 0 Å². The van der Waals surface area contributed by atoms with Crippen molar-refractivity contribution in [3.05, 3.63) is 16.7 Å². The second-order valence-corrected chi connectivity index (χ2v) is 8.78. The van der Waals surface area contributed by atoms with Crippen LogP contribution in [0.4, 0.5) is 5.95 Å². The largest absolute Gasteiger partial charge is 0.477 e. The van der Waals surface area contributed by atoms with E-state index in [1.165, 1.54) is 17.8 Å². The Morgan fingerprint density at radius 2 is 2.00 bits per heavy atom. The molecule has 2 rings (SSSR count). The van der Waals surface area contributed by atoms with Crippen LogP contribution >= 0.6 is 15.6 Å². The van der Waals surface area contributed by atoms with Crippen LogP contribution in [-0.2, 0) is 29.4 Å². The van der Waals surface area contributed by atoms with Crippen LogP contribution in [0.5, 0.6) is 0 Å². The molecule has 18 heteroatoms. The Kier molecular flexibility index (Phi) is 7.29. The van der Waals surface area contributed by atoms with E-state index in [2.05, 4.69) is 23.8 Å². The predicted molar refractivity (Wildman–Crippen MR) is 96.0 cm³/mol. The molecular weight excluding hydrogens is 438 g/mol. The first-order chi connectivity index (χ1) is 13.3. The number of H-pyrrole nitrogens is 1. The Labute approximate surface area is 162 Å². The fourth-order valence-electron chi connectivity index (χ4n) is 2.15. The molecule has 0 aromatic carbocycles. The van der Waals surface area contributed by atoms with Gasteiger partial charge in [-0.3, -0.25) is 18.9 Å². The standard InChI is InChI=1S/C11H20N6O10P2/c1-5(18)8(19)6(2-26-28(13,21)27-29(22,23)24)25-4-17-3-14-7-9(17)15-11(12)16-10(7)20/h3,5-6,8,18-19H,2,4H2,1H3,(H2,13,21)(H2,22,23,24)(H3,12,15,16,20)/t5-,6-,8+,28?/m1/s1. The molecule has 0 saturated heterocycles. The minimum absolute atomic E-state index is 0.0341. The number of ether oxygens (including phenoxy) is 1. The van der Waals surface area contributed by atoms with Gasteiger partial charge in [0.05, 0.1) is 19.0 Å². The number of aliphatic hydroxyl groups excluding tert-OH is 2. The number of nitrogen functional groups attached to an aromatic ring is 1. The summed E-state index contributed by atoms with van der Waals surface area (Å²) < 4.78 is 37.7. The first-order valence-corrected chi connectivity index (χ1v) is 10.9. The number of nitrogens with zero attached hydrogens (tertiary/aromatic N) is 3. The molecule has 0 radical (unpaired) electrons. The molecule has 4 atom stereocenters. The van der Waals surface area contributed by atoms with Gasteiger partial charge >= 0.3 is 15.6 Å². The van der Waals surface area contributed by atoms with Gasteiger partial charge in [0.2, 0.25) is 5.95 Å². The van der Waals surface area contributed by atoms with Crippen LogP contribution < -0.4 is 16.8 Å². The van der Waals surface area contributed by atoms with E-state index in [4.69, 9.17) is 25.8 Å². The van der Waals surface area contributed by atoms with Crippen molar-refractivity contribution in [2.75, 3.05) is 12.3 Å². The molecule has 164 valence electrons. The molecule has 2 heterocycles. The van der Waals surface area contributed by atoms with Gasteiger partial charge in [0.15, 0.2) is 11.2 Å². The lowest BCUT2D eigenvalue weighted by Gasteiger charge is -2.26. The number of nitrogens with two attached hydrogens (primary N) is 2. The van der Waals surface area contributed by atoms with Crippen LogP contribution in [0, 0.1) is 0 Å². The van der Waals surface area contributed by atoms with E-state index in [9.17, 15) is 24.1 Å². The highest BCUT2D eigenvalue weighted by Crippen LogP contribution is 2.55. The number of imidazole rings is 1. The number of aliphatic hydroxyl groups is 2. The smallest absolute Gasteiger partial charge is 0.391 e. The monoisotopic (exact) mass is 458 g/mol. The molecule has 16 nitrogen and oxygen atoms in total. The summed E-state index contributed by atoms with van der Waals surface area (Å²) >= 11 is 0. The molecular formula is C11H20N6O10P2. The van der Waals surface area contributed by atoms with E-state index in [-0.39, 0.29) is 23.8 Å². The Bertz CT molecular complexity index is 1000. The second-order valence-electron chi connectivity index (χ2n) is 5.81. The number of hydrogen-bond donors (Lipinski definition) is 7. The van der Waals surface area contributed by atoms with Crippen molar-refractivity contribution in [1.29, 1.82) is 0 Å². The number of phosphoric acid groups is 1. The molecule has 0 aliphatic heterocycles. The Morgan fingerprint density at radius 3 is 2.59 bits per heavy atom. The lowest BCUT2D eigenvalue weighted by molar-refractivity contribution is -0.116. The second kappa shape index (κ2) is 8.97. The fourth-order valence-corrected chi connectivity index (χ4v) is 3.88. The average Bonchev–Trinajstić information content (AvgIpc) is 2.95. The number of aromatic nitrogens is 4. The fraction of sp³-hybridized carbons (Fsp3) is 0.545. The van der Waals surface area contributed by atoms with E-state index in [0.717, 1.165) is 0 Å². The van der Waals surface area contributed by atoms with Gasteiger partial charge in [0, 0.05) is 0 Å². The lowest BCUT2D eigenvalue weighted by Crippen LogP contribution is -2.41. The maximum Gasteiger partial charge on any atom is 0.477 e. The van der Waals surface area contributed by atoms with Crippen LogP contribution in [0.15, 0.2) is 11.1 Å². The summed E-state index contributed by atoms with van der Waals surface area (Å²) in [5.74, 6) is -0.174. The summed E-state index contributed by atoms with van der Waals surface area (Å²) in [5.41, 5.74) is 9.98. The van der Waals surface area contributed by atoms with E-state index in [1.54, 1.807) is 0 Å².